The van der Waals surface area contributed by atoms with Crippen LogP contribution in [-0.4, -0.2) is 26.4 Å². The van der Waals surface area contributed by atoms with Gasteiger partial charge in [0.05, 0.1) is 29.7 Å². The molecule has 1 N–H and O–H groups in total. The summed E-state index contributed by atoms with van der Waals surface area (Å²) in [6.45, 7) is 1.68. The molecule has 0 spiro atoms. The van der Waals surface area contributed by atoms with Crippen LogP contribution in [0, 0.1) is 11.3 Å². The van der Waals surface area contributed by atoms with Crippen LogP contribution >= 0.6 is 11.6 Å². The third kappa shape index (κ3) is 3.14. The van der Waals surface area contributed by atoms with Crippen LogP contribution in [0.1, 0.15) is 34.1 Å². The number of aromatic amines is 1. The number of H-pyrrole nitrogens is 1. The van der Waals surface area contributed by atoms with Crippen LogP contribution in [0.2, 0.25) is 5.15 Å². The summed E-state index contributed by atoms with van der Waals surface area (Å²) in [4.78, 5) is 14.4. The highest BCUT2D eigenvalue weighted by molar-refractivity contribution is 6.29. The molecule has 0 saturated carbocycles. The molecule has 0 saturated heterocycles. The Balaban J connectivity index is 1.69. The number of imidazole rings is 1. The normalized spacial score (nSPS) is 17.0. The van der Waals surface area contributed by atoms with E-state index in [1.807, 2.05) is 42.6 Å². The number of nitriles is 1. The van der Waals surface area contributed by atoms with Crippen LogP contribution in [0.5, 0.6) is 0 Å². The highest BCUT2D eigenvalue weighted by Gasteiger charge is 2.30. The molecule has 0 bridgehead atoms. The molecule has 124 valence electrons. The smallest absolute Gasteiger partial charge is 0.129 e. The lowest BCUT2D eigenvalue weighted by molar-refractivity contribution is 0.200. The monoisotopic (exact) mass is 349 g/mol. The van der Waals surface area contributed by atoms with E-state index in [0.717, 1.165) is 36.3 Å². The minimum atomic E-state index is 0.0541. The van der Waals surface area contributed by atoms with Gasteiger partial charge in [0.15, 0.2) is 0 Å². The number of aromatic nitrogens is 3. The zero-order valence-corrected chi connectivity index (χ0v) is 14.2. The van der Waals surface area contributed by atoms with Crippen LogP contribution in [-0.2, 0) is 13.0 Å². The molecule has 1 aliphatic rings. The maximum Gasteiger partial charge on any atom is 0.129 e. The first kappa shape index (κ1) is 15.8. The Morgan fingerprint density at radius 3 is 2.76 bits per heavy atom. The summed E-state index contributed by atoms with van der Waals surface area (Å²) in [6.07, 6.45) is 4.51. The molecule has 6 heteroatoms. The minimum absolute atomic E-state index is 0.0541. The van der Waals surface area contributed by atoms with E-state index in [-0.39, 0.29) is 6.04 Å². The van der Waals surface area contributed by atoms with E-state index in [1.54, 1.807) is 6.33 Å². The van der Waals surface area contributed by atoms with Crippen molar-refractivity contribution in [2.45, 2.75) is 19.0 Å². The molecule has 25 heavy (non-hydrogen) atoms. The van der Waals surface area contributed by atoms with Gasteiger partial charge >= 0.3 is 0 Å². The molecule has 0 aliphatic carbocycles. The Hall–Kier alpha value is -2.68. The predicted octanol–water partition coefficient (Wildman–Crippen LogP) is 3.48. The summed E-state index contributed by atoms with van der Waals surface area (Å²) in [6, 6.07) is 13.8. The van der Waals surface area contributed by atoms with E-state index < -0.39 is 0 Å². The van der Waals surface area contributed by atoms with Gasteiger partial charge in [-0.2, -0.15) is 5.26 Å². The number of halogens is 1. The number of pyridine rings is 1. The Kier molecular flexibility index (Phi) is 4.22. The van der Waals surface area contributed by atoms with Crippen molar-refractivity contribution in [3.8, 4) is 6.07 Å². The van der Waals surface area contributed by atoms with Crippen LogP contribution in [0.25, 0.3) is 0 Å². The van der Waals surface area contributed by atoms with Gasteiger partial charge in [-0.05, 0) is 29.3 Å². The first-order chi connectivity index (χ1) is 12.2. The van der Waals surface area contributed by atoms with Crippen molar-refractivity contribution in [2.75, 3.05) is 6.54 Å². The third-order valence-corrected chi connectivity index (χ3v) is 4.78. The summed E-state index contributed by atoms with van der Waals surface area (Å²) in [5.41, 5.74) is 5.14. The van der Waals surface area contributed by atoms with E-state index >= 15 is 0 Å². The lowest BCUT2D eigenvalue weighted by Gasteiger charge is -2.35. The molecule has 2 aromatic heterocycles. The quantitative estimate of drug-likeness (QED) is 0.735. The van der Waals surface area contributed by atoms with Crippen LogP contribution in [0.4, 0.5) is 0 Å². The standard InChI is InChI=1S/C19H16ClN5/c20-17-6-3-14(10-22-17)11-25-8-7-16-18(24-12-23-16)19(25)15-4-1-13(9-21)2-5-15/h1-6,10,12,19H,7-8,11H2,(H,23,24). The van der Waals surface area contributed by atoms with Crippen LogP contribution in [0.3, 0.4) is 0 Å². The topological polar surface area (TPSA) is 68.6 Å². The average Bonchev–Trinajstić information content (AvgIpc) is 3.12. The number of fused-ring (bicyclic) bond motifs is 1. The van der Waals surface area contributed by atoms with Gasteiger partial charge in [-0.25, -0.2) is 9.97 Å². The highest BCUT2D eigenvalue weighted by Crippen LogP contribution is 2.34. The van der Waals surface area contributed by atoms with E-state index in [9.17, 15) is 0 Å². The van der Waals surface area contributed by atoms with Gasteiger partial charge in [-0.3, -0.25) is 4.90 Å². The SMILES string of the molecule is N#Cc1ccc(C2c3nc[nH]c3CCN2Cc2ccc(Cl)nc2)cc1. The largest absolute Gasteiger partial charge is 0.348 e. The van der Waals surface area contributed by atoms with Crippen molar-refractivity contribution in [2.24, 2.45) is 0 Å². The second-order valence-corrected chi connectivity index (χ2v) is 6.50. The summed E-state index contributed by atoms with van der Waals surface area (Å²) >= 11 is 5.89. The fourth-order valence-electron chi connectivity index (χ4n) is 3.34. The first-order valence-electron chi connectivity index (χ1n) is 8.11. The van der Waals surface area contributed by atoms with Gasteiger partial charge in [0.2, 0.25) is 0 Å². The Morgan fingerprint density at radius 1 is 1.20 bits per heavy atom. The van der Waals surface area contributed by atoms with Crippen LogP contribution in [0.15, 0.2) is 48.9 Å². The Labute approximate surface area is 150 Å². The molecule has 0 amide bonds. The van der Waals surface area contributed by atoms with E-state index in [1.165, 1.54) is 5.69 Å². The van der Waals surface area contributed by atoms with Gasteiger partial charge < -0.3 is 4.98 Å². The molecule has 1 atom stereocenters. The minimum Gasteiger partial charge on any atom is -0.348 e. The van der Waals surface area contributed by atoms with Crippen molar-refractivity contribution in [3.05, 3.63) is 82.2 Å². The average molecular weight is 350 g/mol. The fraction of sp³-hybridized carbons (Fsp3) is 0.211. The number of nitrogens with zero attached hydrogens (tertiary/aromatic N) is 4. The van der Waals surface area contributed by atoms with Crippen molar-refractivity contribution < 1.29 is 0 Å². The molecule has 5 nitrogen and oxygen atoms in total. The molecule has 1 unspecified atom stereocenters. The maximum absolute atomic E-state index is 9.04. The molecular weight excluding hydrogens is 334 g/mol. The summed E-state index contributed by atoms with van der Waals surface area (Å²) in [5.74, 6) is 0. The van der Waals surface area contributed by atoms with Crippen molar-refractivity contribution in [1.29, 1.82) is 5.26 Å². The lowest BCUT2D eigenvalue weighted by atomic mass is 9.94. The molecular formula is C19H16ClN5. The number of hydrogen-bond acceptors (Lipinski definition) is 4. The predicted molar refractivity (Wildman–Crippen MR) is 94.9 cm³/mol. The molecule has 0 fully saturated rings. The number of hydrogen-bond donors (Lipinski definition) is 1. The Morgan fingerprint density at radius 2 is 2.04 bits per heavy atom. The Bertz CT molecular complexity index is 908. The molecule has 1 aliphatic heterocycles. The maximum atomic E-state index is 9.04. The second-order valence-electron chi connectivity index (χ2n) is 6.11. The van der Waals surface area contributed by atoms with Gasteiger partial charge in [-0.1, -0.05) is 29.8 Å². The molecule has 3 heterocycles. The van der Waals surface area contributed by atoms with Gasteiger partial charge in [0.25, 0.3) is 0 Å². The molecule has 3 aromatic rings. The zero-order valence-electron chi connectivity index (χ0n) is 13.5. The van der Waals surface area contributed by atoms with Crippen molar-refractivity contribution in [1.82, 2.24) is 19.9 Å². The number of rotatable bonds is 3. The molecule has 4 rings (SSSR count). The van der Waals surface area contributed by atoms with Gasteiger partial charge in [0, 0.05) is 31.4 Å². The van der Waals surface area contributed by atoms with Crippen molar-refractivity contribution >= 4 is 11.6 Å². The van der Waals surface area contributed by atoms with Crippen LogP contribution < -0.4 is 0 Å². The fourth-order valence-corrected chi connectivity index (χ4v) is 3.45. The summed E-state index contributed by atoms with van der Waals surface area (Å²) in [5, 5.41) is 9.54. The summed E-state index contributed by atoms with van der Waals surface area (Å²) < 4.78 is 0. The van der Waals surface area contributed by atoms with Gasteiger partial charge in [-0.15, -0.1) is 0 Å². The number of benzene rings is 1. The first-order valence-corrected chi connectivity index (χ1v) is 8.49. The molecule has 0 radical (unpaired) electrons. The second kappa shape index (κ2) is 6.67. The molecule has 1 aromatic carbocycles. The summed E-state index contributed by atoms with van der Waals surface area (Å²) in [7, 11) is 0. The van der Waals surface area contributed by atoms with Crippen molar-refractivity contribution in [3.63, 3.8) is 0 Å². The highest BCUT2D eigenvalue weighted by atomic mass is 35.5. The van der Waals surface area contributed by atoms with E-state index in [4.69, 9.17) is 16.9 Å². The van der Waals surface area contributed by atoms with Gasteiger partial charge in [0.1, 0.15) is 5.15 Å². The zero-order chi connectivity index (χ0) is 17.2. The number of nitrogens with one attached hydrogen (secondary N) is 1. The third-order valence-electron chi connectivity index (χ3n) is 4.55. The lowest BCUT2D eigenvalue weighted by Crippen LogP contribution is -2.35. The van der Waals surface area contributed by atoms with E-state index in [0.29, 0.717) is 10.7 Å². The van der Waals surface area contributed by atoms with E-state index in [2.05, 4.69) is 25.9 Å².